The molecule has 2 aromatic carbocycles. The van der Waals surface area contributed by atoms with Gasteiger partial charge >= 0.3 is 0 Å². The molecule has 7 nitrogen and oxygen atoms in total. The molecule has 0 bridgehead atoms. The van der Waals surface area contributed by atoms with Crippen LogP contribution in [0.15, 0.2) is 62.6 Å². The van der Waals surface area contributed by atoms with E-state index in [1.54, 1.807) is 4.68 Å². The van der Waals surface area contributed by atoms with Crippen LogP contribution in [0.2, 0.25) is 0 Å². The molecule has 9 heteroatoms. The van der Waals surface area contributed by atoms with Crippen molar-refractivity contribution in [1.29, 1.82) is 0 Å². The molecule has 0 amide bonds. The Morgan fingerprint density at radius 3 is 2.81 bits per heavy atom. The lowest BCUT2D eigenvalue weighted by molar-refractivity contribution is 0.528. The molecular weight excluding hydrogens is 416 g/mol. The molecule has 26 heavy (non-hydrogen) atoms. The van der Waals surface area contributed by atoms with E-state index >= 15 is 0 Å². The third-order valence-electron chi connectivity index (χ3n) is 3.58. The predicted molar refractivity (Wildman–Crippen MR) is 101 cm³/mol. The molecular formula is C17H13BrN6OS. The largest absolute Gasteiger partial charge is 0.420 e. The Balaban J connectivity index is 1.51. The molecule has 0 radical (unpaired) electrons. The van der Waals surface area contributed by atoms with Gasteiger partial charge in [-0.05, 0) is 63.1 Å². The fraction of sp³-hybridized carbons (Fsp3) is 0.118. The highest BCUT2D eigenvalue weighted by atomic mass is 79.9. The topological polar surface area (TPSA) is 82.5 Å². The van der Waals surface area contributed by atoms with Crippen molar-refractivity contribution in [3.05, 3.63) is 64.5 Å². The van der Waals surface area contributed by atoms with Crippen molar-refractivity contribution in [2.75, 3.05) is 0 Å². The monoisotopic (exact) mass is 428 g/mol. The summed E-state index contributed by atoms with van der Waals surface area (Å²) in [4.78, 5) is 0. The van der Waals surface area contributed by atoms with Crippen LogP contribution in [0.5, 0.6) is 0 Å². The third-order valence-corrected chi connectivity index (χ3v) is 5.18. The minimum absolute atomic E-state index is 0.476. The van der Waals surface area contributed by atoms with Crippen molar-refractivity contribution in [1.82, 2.24) is 30.4 Å². The molecule has 0 saturated carbocycles. The summed E-state index contributed by atoms with van der Waals surface area (Å²) in [6.07, 6.45) is 0. The summed E-state index contributed by atoms with van der Waals surface area (Å²) >= 11 is 4.93. The van der Waals surface area contributed by atoms with Crippen LogP contribution >= 0.6 is 27.7 Å². The number of hydrogen-bond donors (Lipinski definition) is 0. The number of aromatic nitrogens is 6. The molecule has 2 aromatic heterocycles. The molecule has 0 aliphatic carbocycles. The minimum atomic E-state index is 0.476. The van der Waals surface area contributed by atoms with E-state index in [1.165, 1.54) is 11.8 Å². The Bertz CT molecular complexity index is 1050. The van der Waals surface area contributed by atoms with Gasteiger partial charge in [0.25, 0.3) is 0 Å². The predicted octanol–water partition coefficient (Wildman–Crippen LogP) is 4.08. The first kappa shape index (κ1) is 16.9. The van der Waals surface area contributed by atoms with E-state index < -0.39 is 0 Å². The van der Waals surface area contributed by atoms with Crippen LogP contribution in [-0.4, -0.2) is 30.4 Å². The van der Waals surface area contributed by atoms with Crippen molar-refractivity contribution in [2.45, 2.75) is 17.8 Å². The average Bonchev–Trinajstić information content (AvgIpc) is 3.30. The highest BCUT2D eigenvalue weighted by Crippen LogP contribution is 2.28. The van der Waals surface area contributed by atoms with E-state index in [1.807, 2.05) is 55.5 Å². The summed E-state index contributed by atoms with van der Waals surface area (Å²) in [5.41, 5.74) is 2.92. The van der Waals surface area contributed by atoms with Crippen LogP contribution in [-0.2, 0) is 5.75 Å². The molecule has 0 unspecified atom stereocenters. The summed E-state index contributed by atoms with van der Waals surface area (Å²) in [6, 6.07) is 15.7. The van der Waals surface area contributed by atoms with Gasteiger partial charge in [-0.3, -0.25) is 0 Å². The van der Waals surface area contributed by atoms with Crippen LogP contribution < -0.4 is 0 Å². The van der Waals surface area contributed by atoms with Gasteiger partial charge in [0.1, 0.15) is 0 Å². The van der Waals surface area contributed by atoms with E-state index in [2.05, 4.69) is 41.7 Å². The lowest BCUT2D eigenvalue weighted by atomic mass is 10.2. The number of hydrogen-bond acceptors (Lipinski definition) is 7. The summed E-state index contributed by atoms with van der Waals surface area (Å²) < 4.78 is 8.37. The van der Waals surface area contributed by atoms with Crippen molar-refractivity contribution >= 4 is 27.7 Å². The third kappa shape index (κ3) is 3.54. The Kier molecular flexibility index (Phi) is 4.81. The van der Waals surface area contributed by atoms with Gasteiger partial charge in [-0.25, -0.2) is 0 Å². The van der Waals surface area contributed by atoms with E-state index in [9.17, 15) is 0 Å². The van der Waals surface area contributed by atoms with Gasteiger partial charge in [0.2, 0.25) is 16.9 Å². The maximum Gasteiger partial charge on any atom is 0.248 e. The summed E-state index contributed by atoms with van der Waals surface area (Å²) in [5, 5.41) is 20.8. The first-order chi connectivity index (χ1) is 12.7. The summed E-state index contributed by atoms with van der Waals surface area (Å²) in [7, 11) is 0. The zero-order valence-corrected chi connectivity index (χ0v) is 16.1. The Hall–Kier alpha value is -2.52. The highest BCUT2D eigenvalue weighted by Gasteiger charge is 2.14. The quantitative estimate of drug-likeness (QED) is 0.442. The van der Waals surface area contributed by atoms with Gasteiger partial charge in [0, 0.05) is 4.47 Å². The second kappa shape index (κ2) is 7.38. The van der Waals surface area contributed by atoms with Crippen LogP contribution in [0.1, 0.15) is 11.5 Å². The smallest absolute Gasteiger partial charge is 0.248 e. The van der Waals surface area contributed by atoms with Crippen molar-refractivity contribution < 1.29 is 4.42 Å². The first-order valence-corrected chi connectivity index (χ1v) is 9.54. The lowest BCUT2D eigenvalue weighted by Gasteiger charge is -2.03. The van der Waals surface area contributed by atoms with Gasteiger partial charge < -0.3 is 4.42 Å². The molecule has 130 valence electrons. The van der Waals surface area contributed by atoms with Gasteiger partial charge in [-0.1, -0.05) is 36.0 Å². The lowest BCUT2D eigenvalue weighted by Crippen LogP contribution is -1.99. The summed E-state index contributed by atoms with van der Waals surface area (Å²) in [6.45, 7) is 2.03. The van der Waals surface area contributed by atoms with Crippen molar-refractivity contribution in [3.63, 3.8) is 0 Å². The Labute approximate surface area is 162 Å². The van der Waals surface area contributed by atoms with E-state index in [4.69, 9.17) is 4.42 Å². The average molecular weight is 429 g/mol. The molecule has 0 aliphatic heterocycles. The van der Waals surface area contributed by atoms with Gasteiger partial charge in [-0.15, -0.1) is 15.3 Å². The van der Waals surface area contributed by atoms with E-state index in [0.29, 0.717) is 22.7 Å². The number of aryl methyl sites for hydroxylation is 1. The first-order valence-electron chi connectivity index (χ1n) is 7.76. The molecule has 0 aliphatic rings. The maximum atomic E-state index is 5.76. The second-order valence-corrected chi connectivity index (χ2v) is 7.28. The van der Waals surface area contributed by atoms with E-state index in [0.717, 1.165) is 21.3 Å². The molecule has 2 heterocycles. The fourth-order valence-electron chi connectivity index (χ4n) is 2.37. The number of thioether (sulfide) groups is 1. The minimum Gasteiger partial charge on any atom is -0.420 e. The van der Waals surface area contributed by atoms with Gasteiger partial charge in [-0.2, -0.15) is 4.68 Å². The molecule has 4 rings (SSSR count). The standard InChI is InChI=1S/C17H13BrN6OS/c1-11-5-4-6-12(9-11)24-17(21-22-23-24)26-10-15-19-20-16(25-15)13-7-2-3-8-14(13)18/h2-9H,10H2,1H3. The molecule has 0 saturated heterocycles. The molecule has 0 spiro atoms. The normalized spacial score (nSPS) is 11.0. The van der Waals surface area contributed by atoms with Crippen molar-refractivity contribution in [2.24, 2.45) is 0 Å². The molecule has 0 atom stereocenters. The highest BCUT2D eigenvalue weighted by molar-refractivity contribution is 9.10. The summed E-state index contributed by atoms with van der Waals surface area (Å²) in [5.74, 6) is 1.47. The van der Waals surface area contributed by atoms with Crippen LogP contribution in [0.25, 0.3) is 17.1 Å². The molecule has 0 fully saturated rings. The van der Waals surface area contributed by atoms with Crippen LogP contribution in [0.3, 0.4) is 0 Å². The number of benzene rings is 2. The fourth-order valence-corrected chi connectivity index (χ4v) is 3.55. The Morgan fingerprint density at radius 2 is 1.96 bits per heavy atom. The number of rotatable bonds is 5. The number of nitrogens with zero attached hydrogens (tertiary/aromatic N) is 6. The molecule has 4 aromatic rings. The SMILES string of the molecule is Cc1cccc(-n2nnnc2SCc2nnc(-c3ccccc3Br)o2)c1. The van der Waals surface area contributed by atoms with Gasteiger partial charge in [0.05, 0.1) is 17.0 Å². The van der Waals surface area contributed by atoms with Crippen molar-refractivity contribution in [3.8, 4) is 17.1 Å². The number of tetrazole rings is 1. The van der Waals surface area contributed by atoms with Gasteiger partial charge in [0.15, 0.2) is 0 Å². The zero-order valence-electron chi connectivity index (χ0n) is 13.7. The molecule has 0 N–H and O–H groups in total. The van der Waals surface area contributed by atoms with Crippen LogP contribution in [0, 0.1) is 6.92 Å². The number of halogens is 1. The zero-order chi connectivity index (χ0) is 17.9. The van der Waals surface area contributed by atoms with E-state index in [-0.39, 0.29) is 0 Å². The Morgan fingerprint density at radius 1 is 1.08 bits per heavy atom. The van der Waals surface area contributed by atoms with Crippen LogP contribution in [0.4, 0.5) is 0 Å². The second-order valence-electron chi connectivity index (χ2n) is 5.48. The maximum absolute atomic E-state index is 5.76.